The van der Waals surface area contributed by atoms with Crippen LogP contribution in [-0.2, 0) is 9.53 Å². The molecule has 0 bridgehead atoms. The average Bonchev–Trinajstić information content (AvgIpc) is 2.64. The predicted molar refractivity (Wildman–Crippen MR) is 103 cm³/mol. The largest absolute Gasteiger partial charge is 0.453 e. The molecule has 0 atom stereocenters. The number of hydrogen-bond donors (Lipinski definition) is 1. The molecule has 3 aliphatic rings. The molecule has 0 radical (unpaired) electrons. The first kappa shape index (κ1) is 18.3. The molecule has 27 heavy (non-hydrogen) atoms. The lowest BCUT2D eigenvalue weighted by Crippen LogP contribution is -2.59. The minimum Gasteiger partial charge on any atom is -0.453 e. The SMILES string of the molecule is COC(=O)N[C@]1(C)C[C@H](C(=O)N2CCC3(CC2)CC(c2ccccc2)C3)C1. The first-order chi connectivity index (χ1) is 12.9. The van der Waals surface area contributed by atoms with E-state index in [4.69, 9.17) is 0 Å². The Hall–Kier alpha value is -2.04. The number of ether oxygens (including phenoxy) is 1. The number of carbonyl (C=O) groups is 2. The van der Waals surface area contributed by atoms with Gasteiger partial charge in [0.15, 0.2) is 0 Å². The molecular weight excluding hydrogens is 340 g/mol. The number of amides is 2. The minimum atomic E-state index is -0.415. The van der Waals surface area contributed by atoms with Crippen molar-refractivity contribution in [3.05, 3.63) is 35.9 Å². The third-order valence-electron chi connectivity index (χ3n) is 7.10. The van der Waals surface area contributed by atoms with Crippen molar-refractivity contribution in [2.75, 3.05) is 20.2 Å². The zero-order valence-electron chi connectivity index (χ0n) is 16.4. The maximum Gasteiger partial charge on any atom is 0.407 e. The molecule has 2 amide bonds. The molecule has 0 unspecified atom stereocenters. The molecule has 1 aromatic rings. The Morgan fingerprint density at radius 1 is 1.07 bits per heavy atom. The summed E-state index contributed by atoms with van der Waals surface area (Å²) in [6.45, 7) is 3.76. The van der Waals surface area contributed by atoms with Gasteiger partial charge in [0, 0.05) is 24.5 Å². The highest BCUT2D eigenvalue weighted by atomic mass is 16.5. The van der Waals surface area contributed by atoms with E-state index in [-0.39, 0.29) is 17.4 Å². The molecule has 1 spiro atoms. The molecule has 1 aromatic carbocycles. The van der Waals surface area contributed by atoms with E-state index in [9.17, 15) is 9.59 Å². The summed E-state index contributed by atoms with van der Waals surface area (Å²) in [5, 5.41) is 2.85. The monoisotopic (exact) mass is 370 g/mol. The number of hydrogen-bond acceptors (Lipinski definition) is 3. The Morgan fingerprint density at radius 3 is 2.30 bits per heavy atom. The molecule has 146 valence electrons. The zero-order valence-corrected chi connectivity index (χ0v) is 16.4. The molecule has 1 aliphatic heterocycles. The van der Waals surface area contributed by atoms with Crippen LogP contribution in [0.2, 0.25) is 0 Å². The summed E-state index contributed by atoms with van der Waals surface area (Å²) in [6, 6.07) is 10.8. The molecular formula is C22H30N2O3. The Bertz CT molecular complexity index is 696. The molecule has 0 aromatic heterocycles. The lowest BCUT2D eigenvalue weighted by Gasteiger charge is -2.53. The van der Waals surface area contributed by atoms with Crippen molar-refractivity contribution >= 4 is 12.0 Å². The lowest BCUT2D eigenvalue weighted by molar-refractivity contribution is -0.144. The van der Waals surface area contributed by atoms with Crippen molar-refractivity contribution in [2.24, 2.45) is 11.3 Å². The van der Waals surface area contributed by atoms with Gasteiger partial charge in [-0.2, -0.15) is 0 Å². The number of nitrogens with one attached hydrogen (secondary N) is 1. The van der Waals surface area contributed by atoms with Crippen LogP contribution in [0.1, 0.15) is 56.9 Å². The van der Waals surface area contributed by atoms with E-state index < -0.39 is 6.09 Å². The predicted octanol–water partition coefficient (Wildman–Crippen LogP) is 3.70. The first-order valence-corrected chi connectivity index (χ1v) is 10.1. The van der Waals surface area contributed by atoms with E-state index >= 15 is 0 Å². The normalized spacial score (nSPS) is 29.6. The van der Waals surface area contributed by atoms with Gasteiger partial charge >= 0.3 is 6.09 Å². The Morgan fingerprint density at radius 2 is 1.70 bits per heavy atom. The van der Waals surface area contributed by atoms with Crippen LogP contribution in [0.15, 0.2) is 30.3 Å². The van der Waals surface area contributed by atoms with Gasteiger partial charge in [0.05, 0.1) is 7.11 Å². The van der Waals surface area contributed by atoms with Gasteiger partial charge in [-0.15, -0.1) is 0 Å². The zero-order chi connectivity index (χ0) is 19.1. The number of methoxy groups -OCH3 is 1. The van der Waals surface area contributed by atoms with Gasteiger partial charge in [-0.25, -0.2) is 4.79 Å². The summed E-state index contributed by atoms with van der Waals surface area (Å²) < 4.78 is 4.67. The summed E-state index contributed by atoms with van der Waals surface area (Å²) in [5.41, 5.74) is 1.62. The lowest BCUT2D eigenvalue weighted by atomic mass is 9.56. The molecule has 3 fully saturated rings. The summed E-state index contributed by atoms with van der Waals surface area (Å²) in [7, 11) is 1.37. The Labute approximate surface area is 161 Å². The van der Waals surface area contributed by atoms with Crippen LogP contribution in [0.5, 0.6) is 0 Å². The maximum atomic E-state index is 12.8. The smallest absolute Gasteiger partial charge is 0.407 e. The van der Waals surface area contributed by atoms with Crippen LogP contribution in [-0.4, -0.2) is 42.6 Å². The topological polar surface area (TPSA) is 58.6 Å². The second-order valence-corrected chi connectivity index (χ2v) is 9.12. The van der Waals surface area contributed by atoms with Gasteiger partial charge in [0.2, 0.25) is 5.91 Å². The first-order valence-electron chi connectivity index (χ1n) is 10.1. The van der Waals surface area contributed by atoms with Crippen molar-refractivity contribution in [1.82, 2.24) is 10.2 Å². The number of benzene rings is 1. The van der Waals surface area contributed by atoms with Gasteiger partial charge in [0.1, 0.15) is 0 Å². The summed E-state index contributed by atoms with van der Waals surface area (Å²) in [5.74, 6) is 1.01. The van der Waals surface area contributed by atoms with Gasteiger partial charge in [-0.1, -0.05) is 30.3 Å². The standard InChI is InChI=1S/C22H30N2O3/c1-21(23-20(26)27-2)12-18(13-21)19(25)24-10-8-22(9-11-24)14-17(15-22)16-6-4-3-5-7-16/h3-7,17-18H,8-15H2,1-2H3,(H,23,26)/t18-,21+. The van der Waals surface area contributed by atoms with Crippen molar-refractivity contribution in [2.45, 2.75) is 56.9 Å². The van der Waals surface area contributed by atoms with Crippen LogP contribution in [0.25, 0.3) is 0 Å². The van der Waals surface area contributed by atoms with Gasteiger partial charge in [0.25, 0.3) is 0 Å². The highest BCUT2D eigenvalue weighted by molar-refractivity contribution is 5.81. The Kier molecular flexibility index (Phi) is 4.65. The fourth-order valence-electron chi connectivity index (χ4n) is 5.42. The van der Waals surface area contributed by atoms with Gasteiger partial charge < -0.3 is 15.0 Å². The van der Waals surface area contributed by atoms with Crippen molar-refractivity contribution in [3.63, 3.8) is 0 Å². The van der Waals surface area contributed by atoms with E-state index in [1.807, 2.05) is 6.92 Å². The molecule has 4 rings (SSSR count). The highest BCUT2D eigenvalue weighted by Crippen LogP contribution is 2.56. The van der Waals surface area contributed by atoms with E-state index in [1.165, 1.54) is 25.5 Å². The second kappa shape index (κ2) is 6.84. The summed E-state index contributed by atoms with van der Waals surface area (Å²) in [6.07, 6.45) is 5.80. The summed E-state index contributed by atoms with van der Waals surface area (Å²) in [4.78, 5) is 26.3. The molecule has 1 N–H and O–H groups in total. The number of alkyl carbamates (subject to hydrolysis) is 1. The fourth-order valence-corrected chi connectivity index (χ4v) is 5.42. The van der Waals surface area contributed by atoms with Crippen LogP contribution in [0, 0.1) is 11.3 Å². The molecule has 2 aliphatic carbocycles. The van der Waals surface area contributed by atoms with Crippen LogP contribution in [0.4, 0.5) is 4.79 Å². The van der Waals surface area contributed by atoms with E-state index in [1.54, 1.807) is 0 Å². The van der Waals surface area contributed by atoms with Gasteiger partial charge in [-0.05, 0) is 62.3 Å². The van der Waals surface area contributed by atoms with Crippen LogP contribution < -0.4 is 5.32 Å². The van der Waals surface area contributed by atoms with Crippen molar-refractivity contribution in [1.29, 1.82) is 0 Å². The second-order valence-electron chi connectivity index (χ2n) is 9.12. The minimum absolute atomic E-state index is 0.0414. The highest BCUT2D eigenvalue weighted by Gasteiger charge is 2.50. The molecule has 1 heterocycles. The third-order valence-corrected chi connectivity index (χ3v) is 7.10. The van der Waals surface area contributed by atoms with E-state index in [0.29, 0.717) is 24.2 Å². The maximum absolute atomic E-state index is 12.8. The molecule has 5 nitrogen and oxygen atoms in total. The van der Waals surface area contributed by atoms with Crippen molar-refractivity contribution < 1.29 is 14.3 Å². The van der Waals surface area contributed by atoms with Crippen molar-refractivity contribution in [3.8, 4) is 0 Å². The number of rotatable bonds is 3. The molecule has 2 saturated carbocycles. The number of piperidine rings is 1. The third kappa shape index (κ3) is 3.56. The average molecular weight is 370 g/mol. The van der Waals surface area contributed by atoms with Gasteiger partial charge in [-0.3, -0.25) is 4.79 Å². The number of carbonyl (C=O) groups excluding carboxylic acids is 2. The van der Waals surface area contributed by atoms with E-state index in [0.717, 1.165) is 25.9 Å². The quantitative estimate of drug-likeness (QED) is 0.883. The number of likely N-dealkylation sites (tertiary alicyclic amines) is 1. The van der Waals surface area contributed by atoms with Crippen LogP contribution in [0.3, 0.4) is 0 Å². The fraction of sp³-hybridized carbons (Fsp3) is 0.636. The van der Waals surface area contributed by atoms with Crippen LogP contribution >= 0.6 is 0 Å². The van der Waals surface area contributed by atoms with E-state index in [2.05, 4.69) is 45.3 Å². The summed E-state index contributed by atoms with van der Waals surface area (Å²) >= 11 is 0. The number of nitrogens with zero attached hydrogens (tertiary/aromatic N) is 1. The Balaban J connectivity index is 1.24. The molecule has 1 saturated heterocycles. The molecule has 5 heteroatoms.